The molecule has 3 aromatic rings. The summed E-state index contributed by atoms with van der Waals surface area (Å²) < 4.78 is 6.92. The van der Waals surface area contributed by atoms with E-state index >= 15 is 0 Å². The van der Waals surface area contributed by atoms with Gasteiger partial charge in [-0.25, -0.2) is 4.68 Å². The summed E-state index contributed by atoms with van der Waals surface area (Å²) in [6, 6.07) is 11.2. The van der Waals surface area contributed by atoms with Gasteiger partial charge >= 0.3 is 0 Å². The lowest BCUT2D eigenvalue weighted by molar-refractivity contribution is 0.0715. The highest BCUT2D eigenvalue weighted by atomic mass is 16.5. The molecule has 0 aliphatic carbocycles. The second-order valence-electron chi connectivity index (χ2n) is 7.61. The molecule has 0 radical (unpaired) electrons. The lowest BCUT2D eigenvalue weighted by Crippen LogP contribution is -2.41. The van der Waals surface area contributed by atoms with Crippen LogP contribution in [0.4, 0.5) is 0 Å². The van der Waals surface area contributed by atoms with Gasteiger partial charge in [-0.05, 0) is 24.3 Å². The minimum absolute atomic E-state index is 0.0636. The van der Waals surface area contributed by atoms with E-state index in [9.17, 15) is 9.59 Å². The largest absolute Gasteiger partial charge is 0.376 e. The lowest BCUT2D eigenvalue weighted by Gasteiger charge is -2.25. The second kappa shape index (κ2) is 7.40. The molecule has 0 N–H and O–H groups in total. The highest BCUT2D eigenvalue weighted by molar-refractivity contribution is 6.05. The Morgan fingerprint density at radius 1 is 1.24 bits per heavy atom. The number of hydrogen-bond donors (Lipinski definition) is 0. The van der Waals surface area contributed by atoms with E-state index in [1.807, 2.05) is 35.2 Å². The third kappa shape index (κ3) is 3.31. The van der Waals surface area contributed by atoms with Crippen molar-refractivity contribution in [2.45, 2.75) is 38.5 Å². The molecule has 1 atom stereocenters. The first-order valence-electron chi connectivity index (χ1n) is 10.0. The molecule has 1 saturated heterocycles. The topological polar surface area (TPSA) is 77.3 Å². The summed E-state index contributed by atoms with van der Waals surface area (Å²) in [6.07, 6.45) is 4.15. The molecule has 7 nitrogen and oxygen atoms in total. The van der Waals surface area contributed by atoms with E-state index in [4.69, 9.17) is 4.74 Å². The van der Waals surface area contributed by atoms with Crippen molar-refractivity contribution in [1.29, 1.82) is 0 Å². The van der Waals surface area contributed by atoms with Gasteiger partial charge in [0.25, 0.3) is 11.5 Å². The van der Waals surface area contributed by atoms with Gasteiger partial charge in [-0.15, -0.1) is 0 Å². The fourth-order valence-electron chi connectivity index (χ4n) is 4.30. The summed E-state index contributed by atoms with van der Waals surface area (Å²) in [5.41, 5.74) is 2.12. The van der Waals surface area contributed by atoms with Gasteiger partial charge in [0.2, 0.25) is 0 Å². The molecule has 5 rings (SSSR count). The predicted molar refractivity (Wildman–Crippen MR) is 108 cm³/mol. The van der Waals surface area contributed by atoms with Crippen LogP contribution in [-0.2, 0) is 24.3 Å². The van der Waals surface area contributed by atoms with Gasteiger partial charge < -0.3 is 9.64 Å². The van der Waals surface area contributed by atoms with E-state index in [0.717, 1.165) is 34.9 Å². The SMILES string of the molecule is O=C(c1nccc2ccccc12)N1CCCC1Cn1nc2c(cc1=O)COCC2. The third-order valence-electron chi connectivity index (χ3n) is 5.80. The number of nitrogens with zero attached hydrogens (tertiary/aromatic N) is 4. The van der Waals surface area contributed by atoms with Crippen LogP contribution in [-0.4, -0.2) is 44.8 Å². The lowest BCUT2D eigenvalue weighted by atomic mass is 10.1. The Labute approximate surface area is 167 Å². The van der Waals surface area contributed by atoms with Gasteiger partial charge in [0.1, 0.15) is 5.69 Å². The molecule has 0 saturated carbocycles. The first-order valence-corrected chi connectivity index (χ1v) is 10.0. The molecule has 4 heterocycles. The number of likely N-dealkylation sites (tertiary alicyclic amines) is 1. The number of rotatable bonds is 3. The highest BCUT2D eigenvalue weighted by Crippen LogP contribution is 2.24. The first kappa shape index (κ1) is 18.0. The predicted octanol–water partition coefficient (Wildman–Crippen LogP) is 2.17. The van der Waals surface area contributed by atoms with Gasteiger partial charge in [0, 0.05) is 36.2 Å². The van der Waals surface area contributed by atoms with Crippen molar-refractivity contribution in [3.8, 4) is 0 Å². The van der Waals surface area contributed by atoms with Crippen LogP contribution in [0.5, 0.6) is 0 Å². The Hall–Kier alpha value is -3.06. The standard InChI is InChI=1S/C22H22N4O3/c27-20-12-16-14-29-11-8-19(16)24-26(20)13-17-5-3-10-25(17)22(28)21-18-6-2-1-4-15(18)7-9-23-21/h1-2,4,6-7,9,12,17H,3,5,8,10-11,13-14H2. The molecular formula is C22H22N4O3. The summed E-state index contributed by atoms with van der Waals surface area (Å²) in [6.45, 7) is 2.14. The van der Waals surface area contributed by atoms with Crippen molar-refractivity contribution in [3.05, 3.63) is 69.9 Å². The highest BCUT2D eigenvalue weighted by Gasteiger charge is 2.31. The molecule has 2 aromatic heterocycles. The number of benzene rings is 1. The van der Waals surface area contributed by atoms with Gasteiger partial charge in [-0.2, -0.15) is 5.10 Å². The zero-order chi connectivity index (χ0) is 19.8. The van der Waals surface area contributed by atoms with E-state index in [-0.39, 0.29) is 17.5 Å². The Balaban J connectivity index is 1.43. The van der Waals surface area contributed by atoms with E-state index in [1.165, 1.54) is 4.68 Å². The summed E-state index contributed by atoms with van der Waals surface area (Å²) in [4.78, 5) is 32.1. The quantitative estimate of drug-likeness (QED) is 0.685. The van der Waals surface area contributed by atoms with Crippen LogP contribution in [0.2, 0.25) is 0 Å². The van der Waals surface area contributed by atoms with Crippen LogP contribution in [0.25, 0.3) is 10.8 Å². The van der Waals surface area contributed by atoms with E-state index in [0.29, 0.717) is 38.4 Å². The number of fused-ring (bicyclic) bond motifs is 2. The van der Waals surface area contributed by atoms with E-state index in [2.05, 4.69) is 10.1 Å². The number of ether oxygens (including phenoxy) is 1. The monoisotopic (exact) mass is 390 g/mol. The Morgan fingerprint density at radius 2 is 2.14 bits per heavy atom. The van der Waals surface area contributed by atoms with Crippen LogP contribution < -0.4 is 5.56 Å². The molecule has 0 bridgehead atoms. The molecule has 1 aromatic carbocycles. The van der Waals surface area contributed by atoms with Crippen LogP contribution in [0, 0.1) is 0 Å². The molecule has 1 fully saturated rings. The number of hydrogen-bond acceptors (Lipinski definition) is 5. The van der Waals surface area contributed by atoms with Crippen molar-refractivity contribution in [2.24, 2.45) is 0 Å². The molecular weight excluding hydrogens is 368 g/mol. The Kier molecular flexibility index (Phi) is 4.60. The van der Waals surface area contributed by atoms with Crippen molar-refractivity contribution in [3.63, 3.8) is 0 Å². The summed E-state index contributed by atoms with van der Waals surface area (Å²) >= 11 is 0. The number of pyridine rings is 1. The van der Waals surface area contributed by atoms with Crippen LogP contribution >= 0.6 is 0 Å². The fraction of sp³-hybridized carbons (Fsp3) is 0.364. The van der Waals surface area contributed by atoms with Crippen molar-refractivity contribution >= 4 is 16.7 Å². The Morgan fingerprint density at radius 3 is 3.07 bits per heavy atom. The van der Waals surface area contributed by atoms with Gasteiger partial charge in [-0.1, -0.05) is 24.3 Å². The average molecular weight is 390 g/mol. The number of carbonyl (C=O) groups is 1. The minimum Gasteiger partial charge on any atom is -0.376 e. The maximum absolute atomic E-state index is 13.3. The zero-order valence-electron chi connectivity index (χ0n) is 16.1. The summed E-state index contributed by atoms with van der Waals surface area (Å²) in [5, 5.41) is 6.42. The van der Waals surface area contributed by atoms with Crippen LogP contribution in [0.1, 0.15) is 34.6 Å². The molecule has 2 aliphatic heterocycles. The molecule has 1 unspecified atom stereocenters. The van der Waals surface area contributed by atoms with Gasteiger partial charge in [0.15, 0.2) is 0 Å². The fourth-order valence-corrected chi connectivity index (χ4v) is 4.30. The summed E-state index contributed by atoms with van der Waals surface area (Å²) in [5.74, 6) is -0.0799. The molecule has 2 aliphatic rings. The smallest absolute Gasteiger partial charge is 0.273 e. The zero-order valence-corrected chi connectivity index (χ0v) is 16.1. The van der Waals surface area contributed by atoms with Crippen molar-refractivity contribution in [1.82, 2.24) is 19.7 Å². The average Bonchev–Trinajstić information content (AvgIpc) is 3.21. The minimum atomic E-state index is -0.142. The maximum Gasteiger partial charge on any atom is 0.273 e. The number of amides is 1. The van der Waals surface area contributed by atoms with Crippen LogP contribution in [0.15, 0.2) is 47.4 Å². The first-order chi connectivity index (χ1) is 14.2. The normalized spacial score (nSPS) is 18.8. The van der Waals surface area contributed by atoms with E-state index in [1.54, 1.807) is 12.3 Å². The van der Waals surface area contributed by atoms with Crippen LogP contribution in [0.3, 0.4) is 0 Å². The molecule has 1 amide bonds. The molecule has 148 valence electrons. The van der Waals surface area contributed by atoms with E-state index < -0.39 is 0 Å². The molecule has 7 heteroatoms. The van der Waals surface area contributed by atoms with Gasteiger partial charge in [0.05, 0.1) is 31.5 Å². The maximum atomic E-state index is 13.3. The second-order valence-corrected chi connectivity index (χ2v) is 7.61. The van der Waals surface area contributed by atoms with Crippen molar-refractivity contribution in [2.75, 3.05) is 13.2 Å². The summed E-state index contributed by atoms with van der Waals surface area (Å²) in [7, 11) is 0. The number of aromatic nitrogens is 3. The number of carbonyl (C=O) groups excluding carboxylic acids is 1. The molecule has 29 heavy (non-hydrogen) atoms. The Bertz CT molecular complexity index is 1140. The van der Waals surface area contributed by atoms with Gasteiger partial charge in [-0.3, -0.25) is 14.6 Å². The molecule has 0 spiro atoms. The van der Waals surface area contributed by atoms with Crippen molar-refractivity contribution < 1.29 is 9.53 Å². The third-order valence-corrected chi connectivity index (χ3v) is 5.80.